The smallest absolute Gasteiger partial charge is 0.251 e. The zero-order chi connectivity index (χ0) is 23.3. The van der Waals surface area contributed by atoms with E-state index in [9.17, 15) is 4.79 Å². The summed E-state index contributed by atoms with van der Waals surface area (Å²) in [6.07, 6.45) is 4.22. The number of benzene rings is 1. The predicted octanol–water partition coefficient (Wildman–Crippen LogP) is 4.92. The van der Waals surface area contributed by atoms with Crippen LogP contribution in [0.25, 0.3) is 11.1 Å². The highest BCUT2D eigenvalue weighted by Crippen LogP contribution is 2.35. The molecule has 2 N–H and O–H groups in total. The number of rotatable bonds is 9. The molecule has 2 aromatic rings. The van der Waals surface area contributed by atoms with Crippen molar-refractivity contribution in [2.45, 2.75) is 72.3 Å². The third kappa shape index (κ3) is 5.62. The lowest BCUT2D eigenvalue weighted by Gasteiger charge is -2.26. The van der Waals surface area contributed by atoms with Crippen molar-refractivity contribution in [3.63, 3.8) is 0 Å². The first-order chi connectivity index (χ1) is 15.2. The van der Waals surface area contributed by atoms with Crippen LogP contribution < -0.4 is 5.73 Å². The van der Waals surface area contributed by atoms with E-state index in [-0.39, 0.29) is 11.3 Å². The van der Waals surface area contributed by atoms with Crippen molar-refractivity contribution >= 4 is 5.91 Å². The normalized spacial score (nSPS) is 15.3. The van der Waals surface area contributed by atoms with Crippen LogP contribution in [0.2, 0.25) is 0 Å². The number of amides is 1. The zero-order valence-electron chi connectivity index (χ0n) is 20.7. The van der Waals surface area contributed by atoms with Crippen molar-refractivity contribution in [3.8, 4) is 11.1 Å². The number of primary amides is 1. The molecule has 0 radical (unpaired) electrons. The number of nitrogens with zero attached hydrogens (tertiary/aromatic N) is 2. The highest BCUT2D eigenvalue weighted by atomic mass is 16.5. The molecule has 1 aliphatic rings. The average molecular weight is 440 g/mol. The number of carbonyl (C=O) groups is 1. The van der Waals surface area contributed by atoms with Gasteiger partial charge in [0.15, 0.2) is 0 Å². The molecule has 1 amide bonds. The van der Waals surface area contributed by atoms with E-state index in [0.29, 0.717) is 5.56 Å². The summed E-state index contributed by atoms with van der Waals surface area (Å²) in [6.45, 7) is 16.5. The molecule has 5 nitrogen and oxygen atoms in total. The Bertz CT molecular complexity index is 900. The van der Waals surface area contributed by atoms with Gasteiger partial charge < -0.3 is 15.0 Å². The maximum absolute atomic E-state index is 12.6. The molecule has 0 bridgehead atoms. The molecule has 1 aromatic carbocycles. The van der Waals surface area contributed by atoms with Gasteiger partial charge in [-0.2, -0.15) is 0 Å². The molecule has 1 saturated heterocycles. The molecule has 1 fully saturated rings. The number of hydrogen-bond donors (Lipinski definition) is 1. The molecule has 1 aliphatic heterocycles. The third-order valence-corrected chi connectivity index (χ3v) is 6.64. The van der Waals surface area contributed by atoms with Crippen LogP contribution in [0.3, 0.4) is 0 Å². The number of aromatic nitrogens is 1. The molecule has 176 valence electrons. The Balaban J connectivity index is 1.96. The van der Waals surface area contributed by atoms with Crippen LogP contribution in [-0.2, 0) is 23.1 Å². The summed E-state index contributed by atoms with van der Waals surface area (Å²) in [5.41, 5.74) is 12.4. The lowest BCUT2D eigenvalue weighted by Crippen LogP contribution is -2.37. The quantitative estimate of drug-likeness (QED) is 0.603. The van der Waals surface area contributed by atoms with Crippen LogP contribution in [0.4, 0.5) is 0 Å². The maximum Gasteiger partial charge on any atom is 0.251 e. The first-order valence-corrected chi connectivity index (χ1v) is 12.2. The van der Waals surface area contributed by atoms with Crippen molar-refractivity contribution in [2.75, 3.05) is 32.8 Å². The summed E-state index contributed by atoms with van der Waals surface area (Å²) in [5, 5.41) is 0. The molecule has 3 rings (SSSR count). The minimum atomic E-state index is -0.331. The van der Waals surface area contributed by atoms with E-state index in [1.807, 2.05) is 0 Å². The van der Waals surface area contributed by atoms with Crippen LogP contribution >= 0.6 is 0 Å². The van der Waals surface area contributed by atoms with Crippen LogP contribution in [0, 0.1) is 6.92 Å². The minimum Gasteiger partial charge on any atom is -0.379 e. The van der Waals surface area contributed by atoms with Gasteiger partial charge in [-0.15, -0.1) is 0 Å². The highest BCUT2D eigenvalue weighted by molar-refractivity contribution is 6.02. The largest absolute Gasteiger partial charge is 0.379 e. The van der Waals surface area contributed by atoms with E-state index >= 15 is 0 Å². The zero-order valence-corrected chi connectivity index (χ0v) is 20.7. The fourth-order valence-corrected chi connectivity index (χ4v) is 4.73. The lowest BCUT2D eigenvalue weighted by molar-refractivity contribution is 0.0369. The van der Waals surface area contributed by atoms with Crippen molar-refractivity contribution in [3.05, 3.63) is 46.8 Å². The Labute approximate surface area is 193 Å². The van der Waals surface area contributed by atoms with E-state index in [0.717, 1.165) is 81.9 Å². The molecular formula is C27H41N3O2. The Morgan fingerprint density at radius 1 is 1.06 bits per heavy atom. The van der Waals surface area contributed by atoms with Crippen molar-refractivity contribution in [2.24, 2.45) is 5.73 Å². The second-order valence-electron chi connectivity index (χ2n) is 10.0. The number of ether oxygens (including phenoxy) is 1. The lowest BCUT2D eigenvalue weighted by atomic mass is 9.86. The molecule has 0 aliphatic carbocycles. The van der Waals surface area contributed by atoms with E-state index in [1.165, 1.54) is 11.3 Å². The van der Waals surface area contributed by atoms with Gasteiger partial charge in [-0.05, 0) is 42.7 Å². The van der Waals surface area contributed by atoms with E-state index in [2.05, 4.69) is 68.4 Å². The van der Waals surface area contributed by atoms with Crippen molar-refractivity contribution in [1.29, 1.82) is 0 Å². The van der Waals surface area contributed by atoms with Crippen LogP contribution in [-0.4, -0.2) is 48.2 Å². The fraction of sp³-hybridized carbons (Fsp3) is 0.593. The van der Waals surface area contributed by atoms with Crippen molar-refractivity contribution in [1.82, 2.24) is 9.47 Å². The Hall–Kier alpha value is -2.11. The summed E-state index contributed by atoms with van der Waals surface area (Å²) in [7, 11) is 0. The molecule has 5 heteroatoms. The molecule has 1 aromatic heterocycles. The number of morpholine rings is 1. The van der Waals surface area contributed by atoms with E-state index < -0.39 is 0 Å². The average Bonchev–Trinajstić information content (AvgIpc) is 3.04. The Morgan fingerprint density at radius 2 is 1.72 bits per heavy atom. The van der Waals surface area contributed by atoms with Gasteiger partial charge in [-0.3, -0.25) is 9.69 Å². The Kier molecular flexibility index (Phi) is 8.18. The first kappa shape index (κ1) is 24.5. The maximum atomic E-state index is 12.6. The standard InChI is InChI=1S/C27H41N3O2/c1-6-7-9-23-25(21-10-12-22(13-11-21)27(3,4)5)24(26(28)31)20(2)30(23)15-8-14-29-16-18-32-19-17-29/h10-13H,6-9,14-19H2,1-5H3,(H2,28,31). The predicted molar refractivity (Wildman–Crippen MR) is 132 cm³/mol. The summed E-state index contributed by atoms with van der Waals surface area (Å²) in [5.74, 6) is -0.331. The highest BCUT2D eigenvalue weighted by Gasteiger charge is 2.25. The molecule has 0 atom stereocenters. The second kappa shape index (κ2) is 10.7. The van der Waals surface area contributed by atoms with Gasteiger partial charge in [-0.25, -0.2) is 0 Å². The Morgan fingerprint density at radius 3 is 2.28 bits per heavy atom. The molecule has 2 heterocycles. The van der Waals surface area contributed by atoms with Gasteiger partial charge in [-0.1, -0.05) is 58.4 Å². The topological polar surface area (TPSA) is 60.5 Å². The second-order valence-corrected chi connectivity index (χ2v) is 10.0. The van der Waals surface area contributed by atoms with Gasteiger partial charge in [0, 0.05) is 43.1 Å². The summed E-state index contributed by atoms with van der Waals surface area (Å²) in [4.78, 5) is 15.1. The third-order valence-electron chi connectivity index (χ3n) is 6.64. The number of hydrogen-bond acceptors (Lipinski definition) is 3. The summed E-state index contributed by atoms with van der Waals surface area (Å²) < 4.78 is 7.84. The fourth-order valence-electron chi connectivity index (χ4n) is 4.73. The van der Waals surface area contributed by atoms with E-state index in [4.69, 9.17) is 10.5 Å². The van der Waals surface area contributed by atoms with Crippen molar-refractivity contribution < 1.29 is 9.53 Å². The number of carbonyl (C=O) groups excluding carboxylic acids is 1. The monoisotopic (exact) mass is 439 g/mol. The van der Waals surface area contributed by atoms with Crippen LogP contribution in [0.5, 0.6) is 0 Å². The molecule has 0 saturated carbocycles. The van der Waals surface area contributed by atoms with Gasteiger partial charge in [0.25, 0.3) is 5.91 Å². The van der Waals surface area contributed by atoms with Gasteiger partial charge >= 0.3 is 0 Å². The summed E-state index contributed by atoms with van der Waals surface area (Å²) in [6, 6.07) is 8.70. The van der Waals surface area contributed by atoms with Gasteiger partial charge in [0.2, 0.25) is 0 Å². The van der Waals surface area contributed by atoms with Crippen LogP contribution in [0.1, 0.15) is 74.3 Å². The molecule has 0 unspecified atom stereocenters. The summed E-state index contributed by atoms with van der Waals surface area (Å²) >= 11 is 0. The molecular weight excluding hydrogens is 398 g/mol. The van der Waals surface area contributed by atoms with E-state index in [1.54, 1.807) is 0 Å². The minimum absolute atomic E-state index is 0.0947. The van der Waals surface area contributed by atoms with Gasteiger partial charge in [0.1, 0.15) is 0 Å². The molecule has 32 heavy (non-hydrogen) atoms. The first-order valence-electron chi connectivity index (χ1n) is 12.2. The number of nitrogens with two attached hydrogens (primary N) is 1. The number of unbranched alkanes of at least 4 members (excludes halogenated alkanes) is 1. The van der Waals surface area contributed by atoms with Gasteiger partial charge in [0.05, 0.1) is 18.8 Å². The van der Waals surface area contributed by atoms with Crippen LogP contribution in [0.15, 0.2) is 24.3 Å². The molecule has 0 spiro atoms. The SMILES string of the molecule is CCCCc1c(-c2ccc(C(C)(C)C)cc2)c(C(N)=O)c(C)n1CCCN1CCOCC1.